The molecule has 1 aromatic heterocycles. The van der Waals surface area contributed by atoms with E-state index in [9.17, 15) is 22.8 Å². The monoisotopic (exact) mass is 308 g/mol. The van der Waals surface area contributed by atoms with E-state index < -0.39 is 29.0 Å². The van der Waals surface area contributed by atoms with Crippen LogP contribution in [0.25, 0.3) is 0 Å². The van der Waals surface area contributed by atoms with E-state index >= 15 is 0 Å². The minimum absolute atomic E-state index is 0.166. The first-order valence-electron chi connectivity index (χ1n) is 5.37. The number of alkyl halides is 3. The number of hydrogen-bond acceptors (Lipinski definition) is 4. The van der Waals surface area contributed by atoms with Gasteiger partial charge in [-0.05, 0) is 12.1 Å². The van der Waals surface area contributed by atoms with E-state index in [2.05, 4.69) is 4.98 Å². The molecule has 0 saturated heterocycles. The van der Waals surface area contributed by atoms with Gasteiger partial charge in [-0.25, -0.2) is 4.98 Å². The fourth-order valence-corrected chi connectivity index (χ4v) is 2.41. The SMILES string of the molecule is CC(CC(=O)O)Sc1nc(C(F)(F)F)ccc1C(N)=O. The molecule has 0 aliphatic rings. The lowest BCUT2D eigenvalue weighted by molar-refractivity contribution is -0.141. The molecule has 0 bridgehead atoms. The molecule has 9 heteroatoms. The van der Waals surface area contributed by atoms with Gasteiger partial charge in [-0.2, -0.15) is 13.2 Å². The maximum Gasteiger partial charge on any atom is 0.433 e. The van der Waals surface area contributed by atoms with Crippen LogP contribution in [0.4, 0.5) is 13.2 Å². The predicted molar refractivity (Wildman–Crippen MR) is 65.3 cm³/mol. The minimum atomic E-state index is -4.65. The Morgan fingerprint density at radius 2 is 2.05 bits per heavy atom. The number of thioether (sulfide) groups is 1. The Bertz CT molecular complexity index is 534. The molecule has 0 aliphatic heterocycles. The van der Waals surface area contributed by atoms with Crippen LogP contribution in [0.2, 0.25) is 0 Å². The highest BCUT2D eigenvalue weighted by atomic mass is 32.2. The van der Waals surface area contributed by atoms with Crippen molar-refractivity contribution >= 4 is 23.6 Å². The fourth-order valence-electron chi connectivity index (χ4n) is 1.35. The molecule has 1 atom stereocenters. The van der Waals surface area contributed by atoms with Crippen LogP contribution in [-0.4, -0.2) is 27.2 Å². The van der Waals surface area contributed by atoms with Crippen molar-refractivity contribution in [3.63, 3.8) is 0 Å². The normalized spacial score (nSPS) is 13.0. The highest BCUT2D eigenvalue weighted by molar-refractivity contribution is 7.99. The van der Waals surface area contributed by atoms with Crippen LogP contribution < -0.4 is 5.73 Å². The lowest BCUT2D eigenvalue weighted by Gasteiger charge is -2.13. The molecule has 0 aliphatic carbocycles. The Kier molecular flexibility index (Phi) is 4.98. The van der Waals surface area contributed by atoms with E-state index in [1.54, 1.807) is 0 Å². The van der Waals surface area contributed by atoms with Gasteiger partial charge in [0.25, 0.3) is 5.91 Å². The number of carbonyl (C=O) groups excluding carboxylic acids is 1. The molecule has 0 aromatic carbocycles. The summed E-state index contributed by atoms with van der Waals surface area (Å²) in [6.45, 7) is 1.51. The van der Waals surface area contributed by atoms with Gasteiger partial charge in [-0.1, -0.05) is 6.92 Å². The first kappa shape index (κ1) is 16.3. The van der Waals surface area contributed by atoms with E-state index in [1.165, 1.54) is 6.92 Å². The van der Waals surface area contributed by atoms with Crippen LogP contribution >= 0.6 is 11.8 Å². The summed E-state index contributed by atoms with van der Waals surface area (Å²) in [5.74, 6) is -2.02. The summed E-state index contributed by atoms with van der Waals surface area (Å²) in [6, 6.07) is 1.60. The molecule has 1 rings (SSSR count). The van der Waals surface area contributed by atoms with Gasteiger partial charge in [0.05, 0.1) is 12.0 Å². The number of carboxylic acids is 1. The molecule has 0 fully saturated rings. The van der Waals surface area contributed by atoms with Gasteiger partial charge in [0.1, 0.15) is 10.7 Å². The molecule has 0 spiro atoms. The molecular weight excluding hydrogens is 297 g/mol. The highest BCUT2D eigenvalue weighted by Crippen LogP contribution is 2.32. The Morgan fingerprint density at radius 3 is 2.50 bits per heavy atom. The zero-order valence-corrected chi connectivity index (χ0v) is 11.1. The smallest absolute Gasteiger partial charge is 0.433 e. The number of nitrogens with zero attached hydrogens (tertiary/aromatic N) is 1. The number of halogens is 3. The average Bonchev–Trinajstić information content (AvgIpc) is 2.25. The molecule has 1 aromatic rings. The second-order valence-electron chi connectivity index (χ2n) is 3.94. The fraction of sp³-hybridized carbons (Fsp3) is 0.364. The Morgan fingerprint density at radius 1 is 1.45 bits per heavy atom. The van der Waals surface area contributed by atoms with Gasteiger partial charge in [0.15, 0.2) is 0 Å². The minimum Gasteiger partial charge on any atom is -0.481 e. The van der Waals surface area contributed by atoms with Crippen molar-refractivity contribution < 1.29 is 27.9 Å². The maximum absolute atomic E-state index is 12.6. The number of nitrogens with two attached hydrogens (primary N) is 1. The van der Waals surface area contributed by atoms with Crippen molar-refractivity contribution in [2.45, 2.75) is 29.8 Å². The first-order valence-corrected chi connectivity index (χ1v) is 6.25. The van der Waals surface area contributed by atoms with Crippen molar-refractivity contribution in [2.75, 3.05) is 0 Å². The molecule has 1 amide bonds. The van der Waals surface area contributed by atoms with Crippen LogP contribution in [0.3, 0.4) is 0 Å². The third-order valence-corrected chi connectivity index (χ3v) is 3.29. The van der Waals surface area contributed by atoms with Gasteiger partial charge in [-0.15, -0.1) is 11.8 Å². The number of aliphatic carboxylic acids is 1. The van der Waals surface area contributed by atoms with E-state index in [0.29, 0.717) is 6.07 Å². The number of hydrogen-bond donors (Lipinski definition) is 2. The van der Waals surface area contributed by atoms with Crippen molar-refractivity contribution in [3.8, 4) is 0 Å². The topological polar surface area (TPSA) is 93.3 Å². The summed E-state index contributed by atoms with van der Waals surface area (Å²) in [4.78, 5) is 25.1. The van der Waals surface area contributed by atoms with Gasteiger partial charge < -0.3 is 10.8 Å². The zero-order valence-electron chi connectivity index (χ0n) is 10.3. The molecule has 1 unspecified atom stereocenters. The van der Waals surface area contributed by atoms with E-state index in [4.69, 9.17) is 10.8 Å². The second kappa shape index (κ2) is 6.12. The van der Waals surface area contributed by atoms with Gasteiger partial charge in [0, 0.05) is 5.25 Å². The summed E-state index contributed by atoms with van der Waals surface area (Å²) < 4.78 is 37.7. The summed E-state index contributed by atoms with van der Waals surface area (Å²) in [5.41, 5.74) is 3.73. The first-order chi connectivity index (χ1) is 9.11. The number of carbonyl (C=O) groups is 2. The second-order valence-corrected chi connectivity index (χ2v) is 5.36. The third-order valence-electron chi connectivity index (χ3n) is 2.19. The van der Waals surface area contributed by atoms with Crippen molar-refractivity contribution in [2.24, 2.45) is 5.73 Å². The Hall–Kier alpha value is -1.77. The van der Waals surface area contributed by atoms with Gasteiger partial charge >= 0.3 is 12.1 Å². The zero-order chi connectivity index (χ0) is 15.5. The van der Waals surface area contributed by atoms with E-state index in [-0.39, 0.29) is 17.0 Å². The largest absolute Gasteiger partial charge is 0.481 e. The van der Waals surface area contributed by atoms with Crippen LogP contribution in [-0.2, 0) is 11.0 Å². The molecule has 0 radical (unpaired) electrons. The number of aromatic nitrogens is 1. The number of rotatable bonds is 5. The molecule has 20 heavy (non-hydrogen) atoms. The third kappa shape index (κ3) is 4.41. The molecule has 0 saturated carbocycles. The molecular formula is C11H11F3N2O3S. The number of primary amides is 1. The van der Waals surface area contributed by atoms with Gasteiger partial charge in [0.2, 0.25) is 0 Å². The number of amides is 1. The quantitative estimate of drug-likeness (QED) is 0.813. The predicted octanol–water partition coefficient (Wildman–Crippen LogP) is 2.15. The van der Waals surface area contributed by atoms with Crippen molar-refractivity contribution in [1.29, 1.82) is 0 Å². The van der Waals surface area contributed by atoms with Crippen molar-refractivity contribution in [1.82, 2.24) is 4.98 Å². The lowest BCUT2D eigenvalue weighted by atomic mass is 10.2. The molecule has 5 nitrogen and oxygen atoms in total. The maximum atomic E-state index is 12.6. The van der Waals surface area contributed by atoms with E-state index in [1.807, 2.05) is 0 Å². The summed E-state index contributed by atoms with van der Waals surface area (Å²) in [7, 11) is 0. The van der Waals surface area contributed by atoms with Crippen LogP contribution in [0.5, 0.6) is 0 Å². The summed E-state index contributed by atoms with van der Waals surface area (Å²) in [6.07, 6.45) is -4.93. The van der Waals surface area contributed by atoms with Crippen LogP contribution in [0.1, 0.15) is 29.4 Å². The lowest BCUT2D eigenvalue weighted by Crippen LogP contribution is -2.17. The van der Waals surface area contributed by atoms with Crippen LogP contribution in [0, 0.1) is 0 Å². The number of pyridine rings is 1. The standard InChI is InChI=1S/C11H11F3N2O3S/c1-5(4-8(17)18)20-10-6(9(15)19)2-3-7(16-10)11(12,13)14/h2-3,5H,4H2,1H3,(H2,15,19)(H,17,18). The number of carboxylic acid groups (broad SMARTS) is 1. The Labute approximate surface area is 116 Å². The Balaban J connectivity index is 3.12. The van der Waals surface area contributed by atoms with Crippen LogP contribution in [0.15, 0.2) is 17.2 Å². The van der Waals surface area contributed by atoms with Crippen molar-refractivity contribution in [3.05, 3.63) is 23.4 Å². The summed E-state index contributed by atoms with van der Waals surface area (Å²) >= 11 is 0.764. The molecule has 1 heterocycles. The van der Waals surface area contributed by atoms with Gasteiger partial charge in [-0.3, -0.25) is 9.59 Å². The van der Waals surface area contributed by atoms with E-state index in [0.717, 1.165) is 17.8 Å². The summed E-state index contributed by atoms with van der Waals surface area (Å²) in [5, 5.41) is 7.84. The average molecular weight is 308 g/mol. The molecule has 3 N–H and O–H groups in total. The highest BCUT2D eigenvalue weighted by Gasteiger charge is 2.33. The molecule has 110 valence electrons.